The first-order valence-electron chi connectivity index (χ1n) is 8.24. The summed E-state index contributed by atoms with van der Waals surface area (Å²) in [4.78, 5) is 0. The molecular weight excluding hydrogens is 244 g/mol. The van der Waals surface area contributed by atoms with Crippen molar-refractivity contribution in [3.63, 3.8) is 0 Å². The van der Waals surface area contributed by atoms with Crippen molar-refractivity contribution < 1.29 is 13.6 Å². The van der Waals surface area contributed by atoms with Crippen molar-refractivity contribution in [3.8, 4) is 0 Å². The van der Waals surface area contributed by atoms with Crippen LogP contribution in [0.15, 0.2) is 0 Å². The van der Waals surface area contributed by atoms with E-state index in [-0.39, 0.29) is 0 Å². The minimum absolute atomic E-state index is 1.35. The van der Waals surface area contributed by atoms with Gasteiger partial charge in [0.2, 0.25) is 0 Å². The van der Waals surface area contributed by atoms with Gasteiger partial charge in [-0.3, -0.25) is 0 Å². The summed E-state index contributed by atoms with van der Waals surface area (Å²) in [5.41, 5.74) is 0. The van der Waals surface area contributed by atoms with E-state index < -0.39 is 0 Å². The molecule has 19 heavy (non-hydrogen) atoms. The number of quaternary nitrogens is 1. The summed E-state index contributed by atoms with van der Waals surface area (Å²) in [5, 5.41) is 0. The fourth-order valence-electron chi connectivity index (χ4n) is 2.64. The molecule has 0 aliphatic rings. The predicted molar refractivity (Wildman–Crippen MR) is 81.6 cm³/mol. The van der Waals surface area contributed by atoms with Gasteiger partial charge in [0.05, 0.1) is 26.2 Å². The Balaban J connectivity index is 0. The lowest BCUT2D eigenvalue weighted by Crippen LogP contribution is -2.50. The van der Waals surface area contributed by atoms with E-state index >= 15 is 0 Å². The van der Waals surface area contributed by atoms with Gasteiger partial charge in [-0.1, -0.05) is 53.4 Å². The number of nitrogens with zero attached hydrogens (tertiary/aromatic N) is 1. The van der Waals surface area contributed by atoms with E-state index in [9.17, 15) is 0 Å². The molecule has 0 bridgehead atoms. The van der Waals surface area contributed by atoms with Crippen molar-refractivity contribution in [3.05, 3.63) is 0 Å². The Kier molecular flexibility index (Phi) is 17.7. The molecule has 0 aliphatic carbocycles. The molecule has 0 aliphatic heterocycles. The molecule has 0 saturated heterocycles. The minimum atomic E-state index is 1.35. The van der Waals surface area contributed by atoms with Crippen molar-refractivity contribution in [2.75, 3.05) is 26.2 Å². The molecule has 0 aromatic rings. The minimum Gasteiger partial charge on any atom is -0.324 e. The van der Waals surface area contributed by atoms with Crippen molar-refractivity contribution in [1.29, 1.82) is 0 Å². The van der Waals surface area contributed by atoms with Crippen molar-refractivity contribution >= 4 is 0 Å². The molecule has 3 heteroatoms. The van der Waals surface area contributed by atoms with Gasteiger partial charge in [0.25, 0.3) is 0 Å². The third kappa shape index (κ3) is 11.4. The summed E-state index contributed by atoms with van der Waals surface area (Å²) in [6.45, 7) is 15.0. The lowest BCUT2D eigenvalue weighted by Gasteiger charge is -2.39. The van der Waals surface area contributed by atoms with E-state index in [0.717, 1.165) is 0 Å². The molecule has 0 atom stereocenters. The first-order valence-corrected chi connectivity index (χ1v) is 8.24. The molecule has 0 radical (unpaired) electrons. The zero-order chi connectivity index (χ0) is 15.0. The maximum absolute atomic E-state index is 8.00. The molecular formula is C16H36F2N+. The zero-order valence-corrected chi connectivity index (χ0v) is 13.7. The Bertz CT molecular complexity index is 125. The SMILES string of the molecule is CCCC[N+](CCCC)(CCCC)CCCC.FF. The van der Waals surface area contributed by atoms with Crippen molar-refractivity contribution in [1.82, 2.24) is 0 Å². The van der Waals surface area contributed by atoms with E-state index in [1.807, 2.05) is 0 Å². The molecule has 0 saturated carbocycles. The third-order valence-electron chi connectivity index (χ3n) is 3.94. The predicted octanol–water partition coefficient (Wildman–Crippen LogP) is 5.84. The highest BCUT2D eigenvalue weighted by atomic mass is 20.0. The number of hydrogen-bond acceptors (Lipinski definition) is 0. The summed E-state index contributed by atoms with van der Waals surface area (Å²) in [6, 6.07) is 0. The Morgan fingerprint density at radius 2 is 0.737 bits per heavy atom. The molecule has 0 unspecified atom stereocenters. The second-order valence-corrected chi connectivity index (χ2v) is 5.65. The van der Waals surface area contributed by atoms with Crippen molar-refractivity contribution in [2.45, 2.75) is 79.1 Å². The lowest BCUT2D eigenvalue weighted by atomic mass is 10.1. The molecule has 118 valence electrons. The molecule has 0 aromatic heterocycles. The van der Waals surface area contributed by atoms with Crippen molar-refractivity contribution in [2.24, 2.45) is 0 Å². The van der Waals surface area contributed by atoms with E-state index in [0.29, 0.717) is 0 Å². The Morgan fingerprint density at radius 3 is 0.895 bits per heavy atom. The standard InChI is InChI=1S/C16H36N.F2/c1-5-9-13-17(14-10-6-2,15-11-7-3)16-12-8-4;1-2/h5-16H2,1-4H3;/q+1;. The molecule has 0 aromatic carbocycles. The second-order valence-electron chi connectivity index (χ2n) is 5.65. The van der Waals surface area contributed by atoms with Crippen LogP contribution in [-0.2, 0) is 0 Å². The highest BCUT2D eigenvalue weighted by Gasteiger charge is 2.24. The maximum Gasteiger partial charge on any atom is 0.0786 e. The number of unbranched alkanes of at least 4 members (excludes halogenated alkanes) is 4. The van der Waals surface area contributed by atoms with Crippen LogP contribution in [0.4, 0.5) is 9.15 Å². The quantitative estimate of drug-likeness (QED) is 0.394. The zero-order valence-electron chi connectivity index (χ0n) is 13.7. The van der Waals surface area contributed by atoms with Gasteiger partial charge >= 0.3 is 0 Å². The van der Waals surface area contributed by atoms with Crippen LogP contribution >= 0.6 is 0 Å². The van der Waals surface area contributed by atoms with Gasteiger partial charge in [-0.25, -0.2) is 0 Å². The van der Waals surface area contributed by atoms with Gasteiger partial charge in [0.15, 0.2) is 0 Å². The van der Waals surface area contributed by atoms with E-state index in [2.05, 4.69) is 27.7 Å². The topological polar surface area (TPSA) is 0 Å². The van der Waals surface area contributed by atoms with Crippen LogP contribution in [0.3, 0.4) is 0 Å². The summed E-state index contributed by atoms with van der Waals surface area (Å²) in [5.74, 6) is 0. The first-order chi connectivity index (χ1) is 9.24. The van der Waals surface area contributed by atoms with Crippen LogP contribution < -0.4 is 0 Å². The monoisotopic (exact) mass is 280 g/mol. The summed E-state index contributed by atoms with van der Waals surface area (Å²) in [6.07, 6.45) is 11.1. The average molecular weight is 280 g/mol. The Labute approximate surface area is 119 Å². The van der Waals surface area contributed by atoms with Crippen LogP contribution in [0.5, 0.6) is 0 Å². The Morgan fingerprint density at radius 1 is 0.526 bits per heavy atom. The number of hydrogen-bond donors (Lipinski definition) is 0. The largest absolute Gasteiger partial charge is 0.324 e. The van der Waals surface area contributed by atoms with Gasteiger partial charge in [0, 0.05) is 9.15 Å². The molecule has 0 rings (SSSR count). The fourth-order valence-corrected chi connectivity index (χ4v) is 2.64. The smallest absolute Gasteiger partial charge is 0.0786 e. The summed E-state index contributed by atoms with van der Waals surface area (Å²) < 4.78 is 17.4. The van der Waals surface area contributed by atoms with Crippen LogP contribution in [0.25, 0.3) is 0 Å². The fraction of sp³-hybridized carbons (Fsp3) is 1.00. The second kappa shape index (κ2) is 15.9. The molecule has 1 nitrogen and oxygen atoms in total. The summed E-state index contributed by atoms with van der Waals surface area (Å²) in [7, 11) is 0. The third-order valence-corrected chi connectivity index (χ3v) is 3.94. The van der Waals surface area contributed by atoms with Crippen LogP contribution in [-0.4, -0.2) is 30.7 Å². The van der Waals surface area contributed by atoms with E-state index in [4.69, 9.17) is 9.15 Å². The molecule has 0 heterocycles. The van der Waals surface area contributed by atoms with Gasteiger partial charge in [-0.15, -0.1) is 0 Å². The number of halogens is 2. The first kappa shape index (κ1) is 21.1. The van der Waals surface area contributed by atoms with Crippen LogP contribution in [0.2, 0.25) is 0 Å². The maximum atomic E-state index is 8.00. The summed E-state index contributed by atoms with van der Waals surface area (Å²) >= 11 is 0. The molecule has 0 amide bonds. The molecule has 0 spiro atoms. The normalized spacial score (nSPS) is 11.1. The van der Waals surface area contributed by atoms with Crippen LogP contribution in [0.1, 0.15) is 79.1 Å². The van der Waals surface area contributed by atoms with Gasteiger partial charge in [-0.2, -0.15) is 0 Å². The lowest BCUT2D eigenvalue weighted by molar-refractivity contribution is -0.929. The van der Waals surface area contributed by atoms with Gasteiger partial charge < -0.3 is 4.48 Å². The van der Waals surface area contributed by atoms with E-state index in [1.165, 1.54) is 82.0 Å². The van der Waals surface area contributed by atoms with Crippen LogP contribution in [0, 0.1) is 0 Å². The highest BCUT2D eigenvalue weighted by Crippen LogP contribution is 2.16. The molecule has 0 fully saturated rings. The van der Waals surface area contributed by atoms with Gasteiger partial charge in [0.1, 0.15) is 0 Å². The Hall–Kier alpha value is -0.180. The molecule has 0 N–H and O–H groups in total. The number of rotatable bonds is 12. The highest BCUT2D eigenvalue weighted by molar-refractivity contribution is 4.49. The van der Waals surface area contributed by atoms with E-state index in [1.54, 1.807) is 0 Å². The average Bonchev–Trinajstić information content (AvgIpc) is 2.48. The van der Waals surface area contributed by atoms with Gasteiger partial charge in [-0.05, 0) is 25.7 Å².